The molecule has 0 saturated heterocycles. The van der Waals surface area contributed by atoms with E-state index in [0.717, 1.165) is 24.8 Å². The van der Waals surface area contributed by atoms with Gasteiger partial charge < -0.3 is 0 Å². The van der Waals surface area contributed by atoms with Crippen molar-refractivity contribution in [1.82, 2.24) is 14.8 Å². The number of nitrogens with one attached hydrogen (secondary N) is 1. The van der Waals surface area contributed by atoms with Crippen molar-refractivity contribution >= 4 is 11.9 Å². The summed E-state index contributed by atoms with van der Waals surface area (Å²) in [6, 6.07) is 6.32. The minimum absolute atomic E-state index is 0.0913. The number of benzene rings is 1. The number of aromatic nitrogens is 3. The van der Waals surface area contributed by atoms with Crippen molar-refractivity contribution in [3.8, 4) is 0 Å². The third-order valence-corrected chi connectivity index (χ3v) is 7.13. The predicted molar refractivity (Wildman–Crippen MR) is 104 cm³/mol. The predicted octanol–water partition coefficient (Wildman–Crippen LogP) is 4.40. The zero-order chi connectivity index (χ0) is 19.6. The fourth-order valence-corrected chi connectivity index (χ4v) is 7.14. The molecule has 5 nitrogen and oxygen atoms in total. The molecule has 4 saturated carbocycles. The van der Waals surface area contributed by atoms with Gasteiger partial charge in [-0.3, -0.25) is 10.1 Å². The Balaban J connectivity index is 1.31. The van der Waals surface area contributed by atoms with Crippen LogP contribution in [0.4, 0.5) is 10.3 Å². The number of halogens is 1. The largest absolute Gasteiger partial charge is 0.293 e. The fourth-order valence-electron chi connectivity index (χ4n) is 7.14. The summed E-state index contributed by atoms with van der Waals surface area (Å²) >= 11 is 0. The van der Waals surface area contributed by atoms with E-state index in [1.165, 1.54) is 31.4 Å². The normalized spacial score (nSPS) is 35.9. The van der Waals surface area contributed by atoms with Crippen molar-refractivity contribution in [1.29, 1.82) is 0 Å². The fraction of sp³-hybridized carbons (Fsp3) is 0.591. The summed E-state index contributed by atoms with van der Waals surface area (Å²) in [4.78, 5) is 17.6. The highest BCUT2D eigenvalue weighted by Crippen LogP contribution is 2.69. The van der Waals surface area contributed by atoms with Gasteiger partial charge in [0.15, 0.2) is 0 Å². The summed E-state index contributed by atoms with van der Waals surface area (Å²) in [7, 11) is 0. The van der Waals surface area contributed by atoms with E-state index in [0.29, 0.717) is 29.2 Å². The summed E-state index contributed by atoms with van der Waals surface area (Å²) in [6.45, 7) is 5.23. The zero-order valence-electron chi connectivity index (χ0n) is 16.5. The number of rotatable bonds is 4. The van der Waals surface area contributed by atoms with Crippen LogP contribution in [-0.4, -0.2) is 20.7 Å². The lowest BCUT2D eigenvalue weighted by molar-refractivity contribution is -0.165. The lowest BCUT2D eigenvalue weighted by atomic mass is 9.40. The first-order valence-electron chi connectivity index (χ1n) is 10.2. The maximum Gasteiger partial charge on any atom is 0.248 e. The summed E-state index contributed by atoms with van der Waals surface area (Å²) in [5.41, 5.74) is 1.25. The van der Waals surface area contributed by atoms with Crippen LogP contribution in [0.5, 0.6) is 0 Å². The van der Waals surface area contributed by atoms with Crippen LogP contribution in [0, 0.1) is 28.0 Å². The van der Waals surface area contributed by atoms with E-state index in [1.54, 1.807) is 23.1 Å². The third kappa shape index (κ3) is 3.03. The molecule has 1 aromatic carbocycles. The number of amides is 1. The van der Waals surface area contributed by atoms with Crippen LogP contribution in [0.15, 0.2) is 30.6 Å². The van der Waals surface area contributed by atoms with Crippen molar-refractivity contribution in [2.24, 2.45) is 22.2 Å². The maximum atomic E-state index is 13.3. The van der Waals surface area contributed by atoms with Crippen LogP contribution in [-0.2, 0) is 11.3 Å². The van der Waals surface area contributed by atoms with Gasteiger partial charge in [0.1, 0.15) is 12.1 Å². The maximum absolute atomic E-state index is 13.3. The van der Waals surface area contributed by atoms with E-state index >= 15 is 0 Å². The van der Waals surface area contributed by atoms with Gasteiger partial charge in [0, 0.05) is 0 Å². The Hall–Kier alpha value is -2.24. The first kappa shape index (κ1) is 17.8. The second-order valence-electron chi connectivity index (χ2n) is 10.3. The van der Waals surface area contributed by atoms with Gasteiger partial charge in [-0.25, -0.2) is 14.1 Å². The van der Waals surface area contributed by atoms with E-state index in [9.17, 15) is 9.18 Å². The van der Waals surface area contributed by atoms with Crippen LogP contribution < -0.4 is 5.32 Å². The van der Waals surface area contributed by atoms with Crippen molar-refractivity contribution in [2.75, 3.05) is 5.32 Å². The first-order chi connectivity index (χ1) is 13.2. The Bertz CT molecular complexity index is 903. The highest BCUT2D eigenvalue weighted by atomic mass is 19.1. The van der Waals surface area contributed by atoms with E-state index < -0.39 is 0 Å². The number of anilines is 1. The lowest BCUT2D eigenvalue weighted by Gasteiger charge is -2.64. The average Bonchev–Trinajstić information content (AvgIpc) is 3.00. The molecule has 148 valence electrons. The number of carbonyl (C=O) groups is 1. The minimum Gasteiger partial charge on any atom is -0.293 e. The Morgan fingerprint density at radius 2 is 1.82 bits per heavy atom. The van der Waals surface area contributed by atoms with E-state index in [1.807, 2.05) is 0 Å². The average molecular weight is 382 g/mol. The molecule has 4 aliphatic carbocycles. The van der Waals surface area contributed by atoms with Gasteiger partial charge in [0.25, 0.3) is 0 Å². The second kappa shape index (κ2) is 5.88. The van der Waals surface area contributed by atoms with Crippen LogP contribution in [0.1, 0.15) is 57.9 Å². The van der Waals surface area contributed by atoms with Crippen molar-refractivity contribution in [3.05, 3.63) is 42.0 Å². The van der Waals surface area contributed by atoms with E-state index in [-0.39, 0.29) is 17.1 Å². The first-order valence-corrected chi connectivity index (χ1v) is 10.2. The molecule has 0 spiro atoms. The molecule has 28 heavy (non-hydrogen) atoms. The molecular formula is C22H27FN4O. The van der Waals surface area contributed by atoms with Crippen LogP contribution >= 0.6 is 0 Å². The highest BCUT2D eigenvalue weighted by Gasteiger charge is 2.62. The van der Waals surface area contributed by atoms with Crippen LogP contribution in [0.3, 0.4) is 0 Å². The summed E-state index contributed by atoms with van der Waals surface area (Å²) in [5.74, 6) is 0.862. The van der Waals surface area contributed by atoms with Gasteiger partial charge in [-0.1, -0.05) is 26.0 Å². The number of nitrogens with zero attached hydrogens (tertiary/aromatic N) is 3. The number of carbonyl (C=O) groups excluding carboxylic acids is 1. The van der Waals surface area contributed by atoms with Gasteiger partial charge in [-0.2, -0.15) is 0 Å². The van der Waals surface area contributed by atoms with Crippen molar-refractivity contribution in [3.63, 3.8) is 0 Å². The topological polar surface area (TPSA) is 59.8 Å². The third-order valence-electron chi connectivity index (χ3n) is 7.13. The highest BCUT2D eigenvalue weighted by molar-refractivity contribution is 5.94. The Morgan fingerprint density at radius 3 is 2.46 bits per heavy atom. The Kier molecular flexibility index (Phi) is 3.74. The van der Waals surface area contributed by atoms with Gasteiger partial charge in [0.05, 0.1) is 12.0 Å². The van der Waals surface area contributed by atoms with Crippen molar-refractivity contribution < 1.29 is 9.18 Å². The molecule has 6 rings (SSSR count). The summed E-state index contributed by atoms with van der Waals surface area (Å²) in [5, 5.41) is 7.42. The Morgan fingerprint density at radius 1 is 1.14 bits per heavy atom. The van der Waals surface area contributed by atoms with Gasteiger partial charge in [-0.05, 0) is 73.0 Å². The molecule has 1 N–H and O–H groups in total. The molecule has 1 aromatic heterocycles. The molecule has 2 aromatic rings. The smallest absolute Gasteiger partial charge is 0.248 e. The monoisotopic (exact) mass is 382 g/mol. The van der Waals surface area contributed by atoms with E-state index in [4.69, 9.17) is 0 Å². The summed E-state index contributed by atoms with van der Waals surface area (Å²) < 4.78 is 14.7. The number of hydrogen-bond donors (Lipinski definition) is 1. The van der Waals surface area contributed by atoms with Crippen molar-refractivity contribution in [2.45, 2.75) is 58.9 Å². The van der Waals surface area contributed by atoms with Gasteiger partial charge >= 0.3 is 0 Å². The molecule has 0 radical (unpaired) electrons. The molecule has 2 atom stereocenters. The van der Waals surface area contributed by atoms with Gasteiger partial charge in [-0.15, -0.1) is 5.10 Å². The molecule has 1 heterocycles. The van der Waals surface area contributed by atoms with Crippen LogP contribution in [0.2, 0.25) is 0 Å². The van der Waals surface area contributed by atoms with E-state index in [2.05, 4.69) is 29.2 Å². The molecule has 6 heteroatoms. The second-order valence-corrected chi connectivity index (χ2v) is 10.3. The molecule has 0 aliphatic heterocycles. The molecule has 4 bridgehead atoms. The van der Waals surface area contributed by atoms with Crippen LogP contribution in [0.25, 0.3) is 0 Å². The molecule has 4 aliphatic rings. The minimum atomic E-state index is -0.272. The molecule has 1 amide bonds. The standard InChI is InChI=1S/C22H27FN4O/c1-20-7-16-8-21(2,11-20)13-22(9-16,12-20)18(28)25-19-24-14-27(26-19)10-15-3-5-17(23)6-4-15/h3-6,14,16H,7-13H2,1-2H3,(H,25,26,28). The number of hydrogen-bond acceptors (Lipinski definition) is 3. The summed E-state index contributed by atoms with van der Waals surface area (Å²) in [6.07, 6.45) is 8.35. The SMILES string of the molecule is CC12CC3CC(C)(C1)CC(C(=O)Nc1ncn(Cc4ccc(F)cc4)n1)(C3)C2. The Labute approximate surface area is 164 Å². The lowest BCUT2D eigenvalue weighted by Crippen LogP contribution is -2.58. The molecule has 4 fully saturated rings. The quantitative estimate of drug-likeness (QED) is 0.853. The molecular weight excluding hydrogens is 355 g/mol. The molecule has 2 unspecified atom stereocenters. The van der Waals surface area contributed by atoms with Gasteiger partial charge in [0.2, 0.25) is 11.9 Å². The zero-order valence-corrected chi connectivity index (χ0v) is 16.5.